The predicted octanol–water partition coefficient (Wildman–Crippen LogP) is 6.29. The van der Waals surface area contributed by atoms with E-state index in [1.807, 2.05) is 18.3 Å². The molecule has 0 saturated carbocycles. The Bertz CT molecular complexity index is 1360. The number of hydrogen-bond donors (Lipinski definition) is 1. The molecule has 2 aromatic carbocycles. The van der Waals surface area contributed by atoms with Gasteiger partial charge >= 0.3 is 0 Å². The largest absolute Gasteiger partial charge is 0.378 e. The molecule has 1 fully saturated rings. The summed E-state index contributed by atoms with van der Waals surface area (Å²) < 4.78 is 2.35. The van der Waals surface area contributed by atoms with Crippen molar-refractivity contribution in [1.82, 2.24) is 14.9 Å². The highest BCUT2D eigenvalue weighted by Gasteiger charge is 2.42. The molecule has 2 atom stereocenters. The van der Waals surface area contributed by atoms with Crippen molar-refractivity contribution in [2.24, 2.45) is 0 Å². The van der Waals surface area contributed by atoms with Crippen molar-refractivity contribution in [3.63, 3.8) is 0 Å². The number of nitrogens with one attached hydrogen (secondary N) is 1. The van der Waals surface area contributed by atoms with Crippen molar-refractivity contribution >= 4 is 28.7 Å². The molecule has 1 aliphatic rings. The first-order valence-corrected chi connectivity index (χ1v) is 12.9. The van der Waals surface area contributed by atoms with Crippen molar-refractivity contribution in [3.8, 4) is 5.69 Å². The van der Waals surface area contributed by atoms with Crippen LogP contribution in [0.4, 0.5) is 11.4 Å². The van der Waals surface area contributed by atoms with E-state index in [1.165, 1.54) is 28.2 Å². The van der Waals surface area contributed by atoms with Crippen LogP contribution in [-0.2, 0) is 6.42 Å². The van der Waals surface area contributed by atoms with Gasteiger partial charge in [0.2, 0.25) is 0 Å². The summed E-state index contributed by atoms with van der Waals surface area (Å²) in [6.07, 6.45) is 2.89. The molecule has 4 aromatic rings. The number of pyridine rings is 1. The SMILES string of the molecule is CCc1ccc(-n2c(C)cc([C@H]3[C@H](c4ccccn4)NC(=S)N3c3ccc(N(C)C)cc3)c2C)cc1. The number of nitrogens with zero attached hydrogens (tertiary/aromatic N) is 4. The van der Waals surface area contributed by atoms with Gasteiger partial charge in [0, 0.05) is 48.7 Å². The molecular weight excluding hydrogens is 462 g/mol. The lowest BCUT2D eigenvalue weighted by molar-refractivity contribution is 0.565. The second-order valence-electron chi connectivity index (χ2n) is 9.59. The first kappa shape index (κ1) is 24.1. The average Bonchev–Trinajstić information content (AvgIpc) is 3.39. The van der Waals surface area contributed by atoms with E-state index in [-0.39, 0.29) is 12.1 Å². The highest BCUT2D eigenvalue weighted by Crippen LogP contribution is 2.44. The van der Waals surface area contributed by atoms with E-state index in [0.29, 0.717) is 5.11 Å². The molecule has 3 heterocycles. The lowest BCUT2D eigenvalue weighted by atomic mass is 9.96. The third kappa shape index (κ3) is 4.26. The smallest absolute Gasteiger partial charge is 0.174 e. The summed E-state index contributed by atoms with van der Waals surface area (Å²) in [5.74, 6) is 0. The number of anilines is 2. The molecular formula is C30H33N5S. The molecule has 36 heavy (non-hydrogen) atoms. The van der Waals surface area contributed by atoms with Gasteiger partial charge < -0.3 is 19.7 Å². The fourth-order valence-corrected chi connectivity index (χ4v) is 5.57. The zero-order chi connectivity index (χ0) is 25.4. The molecule has 0 unspecified atom stereocenters. The second-order valence-corrected chi connectivity index (χ2v) is 9.98. The monoisotopic (exact) mass is 495 g/mol. The third-order valence-corrected chi connectivity index (χ3v) is 7.45. The van der Waals surface area contributed by atoms with Gasteiger partial charge in [-0.3, -0.25) is 4.98 Å². The van der Waals surface area contributed by atoms with Crippen LogP contribution in [0.1, 0.15) is 47.2 Å². The Kier molecular flexibility index (Phi) is 6.54. The minimum Gasteiger partial charge on any atom is -0.378 e. The Morgan fingerprint density at radius 3 is 2.25 bits per heavy atom. The molecule has 1 aliphatic heterocycles. The van der Waals surface area contributed by atoms with Gasteiger partial charge in [0.05, 0.1) is 17.8 Å². The van der Waals surface area contributed by atoms with Crippen LogP contribution in [0.3, 0.4) is 0 Å². The normalized spacial score (nSPS) is 17.4. The number of benzene rings is 2. The quantitative estimate of drug-likeness (QED) is 0.318. The van der Waals surface area contributed by atoms with E-state index in [0.717, 1.165) is 23.5 Å². The van der Waals surface area contributed by atoms with Crippen molar-refractivity contribution in [1.29, 1.82) is 0 Å². The van der Waals surface area contributed by atoms with Gasteiger partial charge in [-0.1, -0.05) is 25.1 Å². The lowest BCUT2D eigenvalue weighted by Crippen LogP contribution is -2.29. The van der Waals surface area contributed by atoms with E-state index in [9.17, 15) is 0 Å². The number of rotatable bonds is 6. The zero-order valence-corrected chi connectivity index (χ0v) is 22.4. The van der Waals surface area contributed by atoms with E-state index in [2.05, 4.69) is 115 Å². The fourth-order valence-electron chi connectivity index (χ4n) is 5.23. The number of aryl methyl sites for hydroxylation is 2. The molecule has 0 radical (unpaired) electrons. The van der Waals surface area contributed by atoms with Crippen LogP contribution in [0, 0.1) is 13.8 Å². The van der Waals surface area contributed by atoms with Crippen LogP contribution in [0.15, 0.2) is 79.0 Å². The van der Waals surface area contributed by atoms with Gasteiger partial charge in [0.25, 0.3) is 0 Å². The van der Waals surface area contributed by atoms with Crippen LogP contribution in [0.5, 0.6) is 0 Å². The van der Waals surface area contributed by atoms with Gasteiger partial charge in [-0.2, -0.15) is 0 Å². The summed E-state index contributed by atoms with van der Waals surface area (Å²) in [7, 11) is 4.11. The summed E-state index contributed by atoms with van der Waals surface area (Å²) in [6, 6.07) is 25.7. The molecule has 0 bridgehead atoms. The van der Waals surface area contributed by atoms with Crippen LogP contribution in [-0.4, -0.2) is 28.8 Å². The molecule has 5 nitrogen and oxygen atoms in total. The van der Waals surface area contributed by atoms with Gasteiger partial charge in [-0.05, 0) is 98.2 Å². The molecule has 1 saturated heterocycles. The summed E-state index contributed by atoms with van der Waals surface area (Å²) in [6.45, 7) is 6.57. The van der Waals surface area contributed by atoms with Crippen LogP contribution in [0.25, 0.3) is 5.69 Å². The standard InChI is InChI=1S/C30H33N5S/c1-6-22-10-12-24(13-11-22)34-20(2)19-26(21(34)3)29-28(27-9-7-8-18-31-27)32-30(36)35(29)25-16-14-23(15-17-25)33(4)5/h7-19,28-29H,6H2,1-5H3,(H,32,36)/t28-,29-/m0/s1. The maximum atomic E-state index is 5.93. The second kappa shape index (κ2) is 9.78. The zero-order valence-electron chi connectivity index (χ0n) is 21.6. The molecule has 2 aromatic heterocycles. The highest BCUT2D eigenvalue weighted by atomic mass is 32.1. The van der Waals surface area contributed by atoms with Gasteiger partial charge in [0.15, 0.2) is 5.11 Å². The Balaban J connectivity index is 1.63. The summed E-state index contributed by atoms with van der Waals surface area (Å²) >= 11 is 5.93. The maximum Gasteiger partial charge on any atom is 0.174 e. The summed E-state index contributed by atoms with van der Waals surface area (Å²) in [4.78, 5) is 9.07. The van der Waals surface area contributed by atoms with Crippen LogP contribution >= 0.6 is 12.2 Å². The molecule has 5 rings (SSSR count). The molecule has 184 valence electrons. The van der Waals surface area contributed by atoms with Gasteiger partial charge in [0.1, 0.15) is 0 Å². The Morgan fingerprint density at radius 1 is 0.944 bits per heavy atom. The van der Waals surface area contributed by atoms with E-state index in [4.69, 9.17) is 17.2 Å². The van der Waals surface area contributed by atoms with Crippen molar-refractivity contribution < 1.29 is 0 Å². The van der Waals surface area contributed by atoms with Crippen molar-refractivity contribution in [2.75, 3.05) is 23.9 Å². The predicted molar refractivity (Wildman–Crippen MR) is 153 cm³/mol. The average molecular weight is 496 g/mol. The van der Waals surface area contributed by atoms with Crippen LogP contribution < -0.4 is 15.1 Å². The van der Waals surface area contributed by atoms with E-state index >= 15 is 0 Å². The molecule has 0 amide bonds. The highest BCUT2D eigenvalue weighted by molar-refractivity contribution is 7.80. The maximum absolute atomic E-state index is 5.93. The Hall–Kier alpha value is -3.64. The Morgan fingerprint density at radius 2 is 1.64 bits per heavy atom. The van der Waals surface area contributed by atoms with Crippen molar-refractivity contribution in [3.05, 3.63) is 107 Å². The van der Waals surface area contributed by atoms with E-state index < -0.39 is 0 Å². The topological polar surface area (TPSA) is 36.3 Å². The van der Waals surface area contributed by atoms with Gasteiger partial charge in [-0.15, -0.1) is 0 Å². The van der Waals surface area contributed by atoms with Gasteiger partial charge in [-0.25, -0.2) is 0 Å². The molecule has 1 N–H and O–H groups in total. The summed E-state index contributed by atoms with van der Waals surface area (Å²) in [5, 5.41) is 4.30. The molecule has 0 spiro atoms. The first-order valence-electron chi connectivity index (χ1n) is 12.4. The minimum atomic E-state index is -0.0661. The summed E-state index contributed by atoms with van der Waals surface area (Å²) in [5.41, 5.74) is 9.38. The van der Waals surface area contributed by atoms with E-state index in [1.54, 1.807) is 0 Å². The molecule has 6 heteroatoms. The first-order chi connectivity index (χ1) is 17.4. The number of thiocarbonyl (C=S) groups is 1. The Labute approximate surface area is 219 Å². The van der Waals surface area contributed by atoms with Crippen molar-refractivity contribution in [2.45, 2.75) is 39.3 Å². The number of hydrogen-bond acceptors (Lipinski definition) is 3. The molecule has 0 aliphatic carbocycles. The lowest BCUT2D eigenvalue weighted by Gasteiger charge is -2.28. The fraction of sp³-hybridized carbons (Fsp3) is 0.267. The van der Waals surface area contributed by atoms with Crippen LogP contribution in [0.2, 0.25) is 0 Å². The third-order valence-electron chi connectivity index (χ3n) is 7.13. The number of aromatic nitrogens is 2. The minimum absolute atomic E-state index is 0.0347.